The number of ether oxygens (including phenoxy) is 1. The van der Waals surface area contributed by atoms with Gasteiger partial charge in [0.25, 0.3) is 0 Å². The summed E-state index contributed by atoms with van der Waals surface area (Å²) in [5, 5.41) is 3.25. The van der Waals surface area contributed by atoms with Crippen LogP contribution in [0.1, 0.15) is 27.2 Å². The maximum Gasteiger partial charge on any atom is 0.226 e. The van der Waals surface area contributed by atoms with Crippen LogP contribution in [0.3, 0.4) is 0 Å². The molecule has 0 aliphatic rings. The number of hydrogen-bond donors (Lipinski definition) is 1. The number of nitrogens with one attached hydrogen (secondary N) is 1. The van der Waals surface area contributed by atoms with Crippen molar-refractivity contribution in [3.8, 4) is 5.75 Å². The third-order valence-electron chi connectivity index (χ3n) is 3.54. The van der Waals surface area contributed by atoms with Crippen molar-refractivity contribution < 1.29 is 13.9 Å². The molecule has 1 atom stereocenters. The molecule has 1 heterocycles. The average molecular weight is 310 g/mol. The fraction of sp³-hybridized carbons (Fsp3) is 0.467. The number of hydrogen-bond acceptors (Lipinski definition) is 4. The van der Waals surface area contributed by atoms with E-state index in [9.17, 15) is 9.18 Å². The number of benzene rings is 1. The molecule has 0 saturated heterocycles. The van der Waals surface area contributed by atoms with E-state index in [-0.39, 0.29) is 11.7 Å². The highest BCUT2D eigenvalue weighted by Gasteiger charge is 2.16. The van der Waals surface area contributed by atoms with Crippen LogP contribution in [0.25, 0.3) is 10.2 Å². The number of methoxy groups -OCH3 is 1. The molecule has 0 bridgehead atoms. The first-order chi connectivity index (χ1) is 9.90. The normalized spacial score (nSPS) is 12.7. The van der Waals surface area contributed by atoms with E-state index in [1.807, 2.05) is 6.92 Å². The van der Waals surface area contributed by atoms with Crippen LogP contribution >= 0.6 is 11.3 Å². The largest absolute Gasteiger partial charge is 0.494 e. The second-order valence-corrected chi connectivity index (χ2v) is 6.48. The summed E-state index contributed by atoms with van der Waals surface area (Å²) in [5.41, 5.74) is 0.566. The van der Waals surface area contributed by atoms with Crippen molar-refractivity contribution in [3.05, 3.63) is 17.9 Å². The van der Waals surface area contributed by atoms with Gasteiger partial charge in [0.05, 0.1) is 11.8 Å². The van der Waals surface area contributed by atoms with Gasteiger partial charge in [-0.05, 0) is 17.9 Å². The van der Waals surface area contributed by atoms with E-state index in [0.717, 1.165) is 0 Å². The molecular weight excluding hydrogens is 291 g/mol. The minimum Gasteiger partial charge on any atom is -0.494 e. The fourth-order valence-corrected chi connectivity index (χ4v) is 2.80. The summed E-state index contributed by atoms with van der Waals surface area (Å²) in [5.74, 6) is 0.660. The van der Waals surface area contributed by atoms with Gasteiger partial charge in [-0.25, -0.2) is 9.37 Å². The predicted molar refractivity (Wildman–Crippen MR) is 83.4 cm³/mol. The van der Waals surface area contributed by atoms with Crippen LogP contribution in [0, 0.1) is 17.7 Å². The second kappa shape index (κ2) is 6.39. The Balaban J connectivity index is 2.18. The quantitative estimate of drug-likeness (QED) is 0.906. The molecule has 1 amide bonds. The monoisotopic (exact) mass is 310 g/mol. The molecule has 1 N–H and O–H groups in total. The SMILES string of the molecule is COc1cc(F)cc2sc(NC(=O)CC(C)C(C)C)nc12. The van der Waals surface area contributed by atoms with Gasteiger partial charge in [-0.2, -0.15) is 0 Å². The van der Waals surface area contributed by atoms with Crippen LogP contribution in [0.2, 0.25) is 0 Å². The zero-order valence-corrected chi connectivity index (χ0v) is 13.4. The lowest BCUT2D eigenvalue weighted by molar-refractivity contribution is -0.117. The number of anilines is 1. The molecule has 1 aromatic heterocycles. The molecule has 1 aromatic carbocycles. The predicted octanol–water partition coefficient (Wildman–Crippen LogP) is 4.06. The number of nitrogens with zero attached hydrogens (tertiary/aromatic N) is 1. The van der Waals surface area contributed by atoms with Crippen molar-refractivity contribution in [2.75, 3.05) is 12.4 Å². The Labute approximate surface area is 127 Å². The Bertz CT molecular complexity index is 654. The first-order valence-corrected chi connectivity index (χ1v) is 7.66. The summed E-state index contributed by atoms with van der Waals surface area (Å²) in [4.78, 5) is 16.3. The lowest BCUT2D eigenvalue weighted by atomic mass is 9.94. The fourth-order valence-electron chi connectivity index (χ4n) is 1.87. The maximum atomic E-state index is 13.4. The molecule has 114 valence electrons. The van der Waals surface area contributed by atoms with Crippen LogP contribution in [-0.2, 0) is 4.79 Å². The Hall–Kier alpha value is -1.69. The van der Waals surface area contributed by atoms with Gasteiger partial charge in [-0.1, -0.05) is 32.1 Å². The van der Waals surface area contributed by atoms with Crippen LogP contribution in [-0.4, -0.2) is 18.0 Å². The summed E-state index contributed by atoms with van der Waals surface area (Å²) < 4.78 is 19.2. The topological polar surface area (TPSA) is 51.2 Å². The number of rotatable bonds is 5. The number of halogens is 1. The molecule has 0 radical (unpaired) electrons. The molecular formula is C15H19FN2O2S. The molecule has 2 aromatic rings. The third kappa shape index (κ3) is 3.69. The van der Waals surface area contributed by atoms with Crippen molar-refractivity contribution in [1.29, 1.82) is 0 Å². The van der Waals surface area contributed by atoms with E-state index in [1.54, 1.807) is 0 Å². The molecule has 4 nitrogen and oxygen atoms in total. The molecule has 1 unspecified atom stereocenters. The van der Waals surface area contributed by atoms with Gasteiger partial charge in [0.1, 0.15) is 17.1 Å². The molecule has 2 rings (SSSR count). The van der Waals surface area contributed by atoms with E-state index >= 15 is 0 Å². The van der Waals surface area contributed by atoms with Crippen molar-refractivity contribution in [3.63, 3.8) is 0 Å². The minimum atomic E-state index is -0.380. The van der Waals surface area contributed by atoms with Gasteiger partial charge in [-0.15, -0.1) is 0 Å². The van der Waals surface area contributed by atoms with Crippen molar-refractivity contribution in [1.82, 2.24) is 4.98 Å². The first kappa shape index (κ1) is 15.7. The Kier molecular flexibility index (Phi) is 4.77. The maximum absolute atomic E-state index is 13.4. The molecule has 0 aliphatic carbocycles. The number of aromatic nitrogens is 1. The van der Waals surface area contributed by atoms with E-state index in [4.69, 9.17) is 4.74 Å². The zero-order valence-electron chi connectivity index (χ0n) is 12.6. The third-order valence-corrected chi connectivity index (χ3v) is 4.45. The lowest BCUT2D eigenvalue weighted by Crippen LogP contribution is -2.17. The molecule has 21 heavy (non-hydrogen) atoms. The van der Waals surface area contributed by atoms with E-state index < -0.39 is 0 Å². The molecule has 0 spiro atoms. The van der Waals surface area contributed by atoms with Crippen LogP contribution < -0.4 is 10.1 Å². The molecule has 0 saturated carbocycles. The van der Waals surface area contributed by atoms with Gasteiger partial charge in [-0.3, -0.25) is 4.79 Å². The molecule has 0 aliphatic heterocycles. The van der Waals surface area contributed by atoms with Gasteiger partial charge in [0, 0.05) is 12.5 Å². The summed E-state index contributed by atoms with van der Waals surface area (Å²) >= 11 is 1.24. The highest BCUT2D eigenvalue weighted by Crippen LogP contribution is 2.33. The number of thiazole rings is 1. The van der Waals surface area contributed by atoms with Crippen LogP contribution in [0.4, 0.5) is 9.52 Å². The lowest BCUT2D eigenvalue weighted by Gasteiger charge is -2.13. The minimum absolute atomic E-state index is 0.0744. The van der Waals surface area contributed by atoms with Crippen molar-refractivity contribution >= 4 is 32.6 Å². The standard InChI is InChI=1S/C15H19FN2O2S/c1-8(2)9(3)5-13(19)17-15-18-14-11(20-4)6-10(16)7-12(14)21-15/h6-9H,5H2,1-4H3,(H,17,18,19). The van der Waals surface area contributed by atoms with Gasteiger partial charge < -0.3 is 10.1 Å². The first-order valence-electron chi connectivity index (χ1n) is 6.84. The molecule has 6 heteroatoms. The average Bonchev–Trinajstić information content (AvgIpc) is 2.79. The Morgan fingerprint density at radius 1 is 1.43 bits per heavy atom. The van der Waals surface area contributed by atoms with Gasteiger partial charge >= 0.3 is 0 Å². The number of fused-ring (bicyclic) bond motifs is 1. The second-order valence-electron chi connectivity index (χ2n) is 5.45. The Morgan fingerprint density at radius 2 is 2.14 bits per heavy atom. The van der Waals surface area contributed by atoms with Crippen molar-refractivity contribution in [2.45, 2.75) is 27.2 Å². The van der Waals surface area contributed by atoms with Crippen LogP contribution in [0.15, 0.2) is 12.1 Å². The van der Waals surface area contributed by atoms with E-state index in [1.165, 1.54) is 30.6 Å². The van der Waals surface area contributed by atoms with Crippen LogP contribution in [0.5, 0.6) is 5.75 Å². The molecule has 0 fully saturated rings. The number of carbonyl (C=O) groups is 1. The summed E-state index contributed by atoms with van der Waals surface area (Å²) in [6, 6.07) is 2.68. The van der Waals surface area contributed by atoms with E-state index in [2.05, 4.69) is 24.1 Å². The highest BCUT2D eigenvalue weighted by molar-refractivity contribution is 7.22. The van der Waals surface area contributed by atoms with Crippen molar-refractivity contribution in [2.24, 2.45) is 11.8 Å². The van der Waals surface area contributed by atoms with E-state index in [0.29, 0.717) is 39.4 Å². The van der Waals surface area contributed by atoms with Gasteiger partial charge in [0.15, 0.2) is 5.13 Å². The number of amides is 1. The Morgan fingerprint density at radius 3 is 2.76 bits per heavy atom. The summed E-state index contributed by atoms with van der Waals surface area (Å²) in [7, 11) is 1.47. The van der Waals surface area contributed by atoms with Gasteiger partial charge in [0.2, 0.25) is 5.91 Å². The summed E-state index contributed by atoms with van der Waals surface area (Å²) in [6.07, 6.45) is 0.444. The zero-order chi connectivity index (χ0) is 15.6. The smallest absolute Gasteiger partial charge is 0.226 e. The number of carbonyl (C=O) groups excluding carboxylic acids is 1. The summed E-state index contributed by atoms with van der Waals surface area (Å²) in [6.45, 7) is 6.22. The highest BCUT2D eigenvalue weighted by atomic mass is 32.1.